The number of anilines is 2. The van der Waals surface area contributed by atoms with E-state index in [0.717, 1.165) is 49.4 Å². The summed E-state index contributed by atoms with van der Waals surface area (Å²) in [6, 6.07) is 12.1. The van der Waals surface area contributed by atoms with Crippen LogP contribution in [-0.2, 0) is 10.2 Å². The Morgan fingerprint density at radius 1 is 1.15 bits per heavy atom. The Balaban J connectivity index is 1.71. The number of hydrogen-bond acceptors (Lipinski definition) is 3. The van der Waals surface area contributed by atoms with E-state index in [9.17, 15) is 9.18 Å². The maximum Gasteiger partial charge on any atom is 0.235 e. The molecule has 2 aromatic carbocycles. The van der Waals surface area contributed by atoms with Gasteiger partial charge in [-0.25, -0.2) is 4.39 Å². The maximum absolute atomic E-state index is 14.0. The highest BCUT2D eigenvalue weighted by Gasteiger charge is 2.53. The normalized spacial score (nSPS) is 17.5. The van der Waals surface area contributed by atoms with Crippen LogP contribution < -0.4 is 15.0 Å². The molecule has 1 saturated carbocycles. The Morgan fingerprint density at radius 3 is 2.63 bits per heavy atom. The molecule has 1 N–H and O–H groups in total. The maximum atomic E-state index is 14.0. The number of benzene rings is 2. The van der Waals surface area contributed by atoms with Crippen molar-refractivity contribution in [1.82, 2.24) is 0 Å². The van der Waals surface area contributed by atoms with Gasteiger partial charge in [0, 0.05) is 13.1 Å². The molecule has 0 aromatic heterocycles. The fourth-order valence-corrected chi connectivity index (χ4v) is 3.79. The predicted octanol–water partition coefficient (Wildman–Crippen LogP) is 4.27. The summed E-state index contributed by atoms with van der Waals surface area (Å²) in [5, 5.41) is 2.79. The number of nitrogens with zero attached hydrogens (tertiary/aromatic N) is 1. The molecule has 0 bridgehead atoms. The van der Waals surface area contributed by atoms with Gasteiger partial charge in [0.15, 0.2) is 0 Å². The third-order valence-electron chi connectivity index (χ3n) is 5.42. The van der Waals surface area contributed by atoms with Gasteiger partial charge in [-0.1, -0.05) is 36.4 Å². The molecule has 0 spiro atoms. The zero-order valence-corrected chi connectivity index (χ0v) is 15.4. The standard InChI is InChI=1S/C22H23FN2O2/c1-27-19-11-7-8-16(20(19)25-14-5-2-6-15-25)22(12-13-22)21(26)24-18-10-4-3-9-17(18)23/h2-5,7-11H,6,12-15H2,1H3,(H,24,26). The highest BCUT2D eigenvalue weighted by atomic mass is 19.1. The van der Waals surface area contributed by atoms with Crippen molar-refractivity contribution >= 4 is 17.3 Å². The van der Waals surface area contributed by atoms with E-state index in [2.05, 4.69) is 22.4 Å². The minimum absolute atomic E-state index is 0.158. The molecule has 0 atom stereocenters. The van der Waals surface area contributed by atoms with E-state index in [1.54, 1.807) is 25.3 Å². The SMILES string of the molecule is COc1cccc(C2(C(=O)Nc3ccccc3F)CC2)c1N1CC=CCC1. The molecule has 2 aromatic rings. The molecule has 2 aliphatic rings. The number of ether oxygens (including phenoxy) is 1. The Hall–Kier alpha value is -2.82. The molecule has 4 rings (SSSR count). The van der Waals surface area contributed by atoms with Crippen molar-refractivity contribution in [2.24, 2.45) is 0 Å². The van der Waals surface area contributed by atoms with E-state index in [-0.39, 0.29) is 11.6 Å². The molecule has 0 unspecified atom stereocenters. The smallest absolute Gasteiger partial charge is 0.235 e. The first-order chi connectivity index (χ1) is 13.2. The van der Waals surface area contributed by atoms with Gasteiger partial charge in [-0.15, -0.1) is 0 Å². The summed E-state index contributed by atoms with van der Waals surface area (Å²) in [5.41, 5.74) is 1.53. The fourth-order valence-electron chi connectivity index (χ4n) is 3.79. The Morgan fingerprint density at radius 2 is 1.96 bits per heavy atom. The molecule has 1 fully saturated rings. The van der Waals surface area contributed by atoms with Crippen molar-refractivity contribution in [2.45, 2.75) is 24.7 Å². The molecule has 5 heteroatoms. The van der Waals surface area contributed by atoms with Crippen LogP contribution in [0.25, 0.3) is 0 Å². The van der Waals surface area contributed by atoms with Gasteiger partial charge in [0.1, 0.15) is 11.6 Å². The lowest BCUT2D eigenvalue weighted by molar-refractivity contribution is -0.118. The van der Waals surface area contributed by atoms with Gasteiger partial charge in [0.05, 0.1) is 23.9 Å². The molecule has 27 heavy (non-hydrogen) atoms. The number of rotatable bonds is 5. The number of methoxy groups -OCH3 is 1. The van der Waals surface area contributed by atoms with Crippen molar-refractivity contribution in [3.63, 3.8) is 0 Å². The van der Waals surface area contributed by atoms with E-state index < -0.39 is 11.2 Å². The van der Waals surface area contributed by atoms with Gasteiger partial charge in [-0.2, -0.15) is 0 Å². The monoisotopic (exact) mass is 366 g/mol. The number of carbonyl (C=O) groups excluding carboxylic acids is 1. The topological polar surface area (TPSA) is 41.6 Å². The number of para-hydroxylation sites is 2. The van der Waals surface area contributed by atoms with Crippen molar-refractivity contribution < 1.29 is 13.9 Å². The third-order valence-corrected chi connectivity index (χ3v) is 5.42. The van der Waals surface area contributed by atoms with Crippen molar-refractivity contribution in [1.29, 1.82) is 0 Å². The van der Waals surface area contributed by atoms with Gasteiger partial charge in [0.25, 0.3) is 0 Å². The second-order valence-electron chi connectivity index (χ2n) is 7.08. The molecule has 0 radical (unpaired) electrons. The third kappa shape index (κ3) is 3.18. The molecule has 1 amide bonds. The van der Waals surface area contributed by atoms with Gasteiger partial charge in [-0.05, 0) is 43.0 Å². The van der Waals surface area contributed by atoms with Crippen LogP contribution in [-0.4, -0.2) is 26.1 Å². The average molecular weight is 366 g/mol. The number of halogens is 1. The Labute approximate surface area is 158 Å². The van der Waals surface area contributed by atoms with Crippen LogP contribution in [0.15, 0.2) is 54.6 Å². The number of carbonyl (C=O) groups is 1. The molecule has 0 saturated heterocycles. The molecular weight excluding hydrogens is 343 g/mol. The van der Waals surface area contributed by atoms with Crippen LogP contribution >= 0.6 is 0 Å². The number of amides is 1. The van der Waals surface area contributed by atoms with Gasteiger partial charge in [0.2, 0.25) is 5.91 Å². The first-order valence-electron chi connectivity index (χ1n) is 9.29. The van der Waals surface area contributed by atoms with Crippen LogP contribution in [0, 0.1) is 5.82 Å². The number of nitrogens with one attached hydrogen (secondary N) is 1. The lowest BCUT2D eigenvalue weighted by Gasteiger charge is -2.31. The van der Waals surface area contributed by atoms with Crippen molar-refractivity contribution in [3.8, 4) is 5.75 Å². The lowest BCUT2D eigenvalue weighted by Crippen LogP contribution is -2.33. The second kappa shape index (κ2) is 7.06. The summed E-state index contributed by atoms with van der Waals surface area (Å²) >= 11 is 0. The summed E-state index contributed by atoms with van der Waals surface area (Å²) < 4.78 is 19.6. The summed E-state index contributed by atoms with van der Waals surface area (Å²) in [7, 11) is 1.65. The van der Waals surface area contributed by atoms with E-state index in [4.69, 9.17) is 4.74 Å². The van der Waals surface area contributed by atoms with E-state index >= 15 is 0 Å². The van der Waals surface area contributed by atoms with E-state index in [0.29, 0.717) is 0 Å². The quantitative estimate of drug-likeness (QED) is 0.804. The first kappa shape index (κ1) is 17.6. The van der Waals surface area contributed by atoms with Crippen LogP contribution in [0.1, 0.15) is 24.8 Å². The zero-order chi connectivity index (χ0) is 18.9. The van der Waals surface area contributed by atoms with Crippen LogP contribution in [0.4, 0.5) is 15.8 Å². The predicted molar refractivity (Wildman–Crippen MR) is 105 cm³/mol. The zero-order valence-electron chi connectivity index (χ0n) is 15.4. The average Bonchev–Trinajstić information content (AvgIpc) is 3.52. The fraction of sp³-hybridized carbons (Fsp3) is 0.318. The van der Waals surface area contributed by atoms with Crippen LogP contribution in [0.5, 0.6) is 5.75 Å². The van der Waals surface area contributed by atoms with Gasteiger partial charge in [-0.3, -0.25) is 4.79 Å². The molecule has 1 heterocycles. The molecular formula is C22H23FN2O2. The molecule has 1 aliphatic carbocycles. The second-order valence-corrected chi connectivity index (χ2v) is 7.08. The minimum Gasteiger partial charge on any atom is -0.495 e. The molecule has 4 nitrogen and oxygen atoms in total. The Kier molecular flexibility index (Phi) is 4.60. The van der Waals surface area contributed by atoms with Crippen molar-refractivity contribution in [2.75, 3.05) is 30.4 Å². The van der Waals surface area contributed by atoms with Crippen molar-refractivity contribution in [3.05, 3.63) is 66.0 Å². The molecule has 140 valence electrons. The summed E-state index contributed by atoms with van der Waals surface area (Å²) in [4.78, 5) is 15.4. The highest BCUT2D eigenvalue weighted by molar-refractivity contribution is 6.03. The summed E-state index contributed by atoms with van der Waals surface area (Å²) in [6.07, 6.45) is 6.77. The van der Waals surface area contributed by atoms with Crippen LogP contribution in [0.3, 0.4) is 0 Å². The lowest BCUT2D eigenvalue weighted by atomic mass is 9.91. The molecule has 1 aliphatic heterocycles. The largest absolute Gasteiger partial charge is 0.495 e. The van der Waals surface area contributed by atoms with Gasteiger partial charge >= 0.3 is 0 Å². The summed E-state index contributed by atoms with van der Waals surface area (Å²) in [5.74, 6) is 0.191. The summed E-state index contributed by atoms with van der Waals surface area (Å²) in [6.45, 7) is 1.67. The number of hydrogen-bond donors (Lipinski definition) is 1. The first-order valence-corrected chi connectivity index (χ1v) is 9.29. The van der Waals surface area contributed by atoms with Gasteiger partial charge < -0.3 is 15.0 Å². The Bertz CT molecular complexity index is 890. The van der Waals surface area contributed by atoms with E-state index in [1.807, 2.05) is 18.2 Å². The van der Waals surface area contributed by atoms with E-state index in [1.165, 1.54) is 6.07 Å². The van der Waals surface area contributed by atoms with Crippen LogP contribution in [0.2, 0.25) is 0 Å². The minimum atomic E-state index is -0.632. The highest BCUT2D eigenvalue weighted by Crippen LogP contribution is 2.54.